The third kappa shape index (κ3) is 61.4. The second kappa shape index (κ2) is 64.1. The van der Waals surface area contributed by atoms with E-state index in [1.165, 1.54) is 173 Å². The quantitative estimate of drug-likeness (QED) is 0.0261. The topological polar surface area (TPSA) is 78.9 Å². The summed E-state index contributed by atoms with van der Waals surface area (Å²) in [6, 6.07) is 0. The lowest BCUT2D eigenvalue weighted by Crippen LogP contribution is -2.30. The molecule has 0 N–H and O–H groups in total. The highest BCUT2D eigenvalue weighted by Crippen LogP contribution is 2.17. The Morgan fingerprint density at radius 2 is 0.513 bits per heavy atom. The number of rotatable bonds is 59. The van der Waals surface area contributed by atoms with Gasteiger partial charge in [-0.15, -0.1) is 0 Å². The van der Waals surface area contributed by atoms with E-state index in [0.29, 0.717) is 19.3 Å². The Balaban J connectivity index is 4.09. The smallest absolute Gasteiger partial charge is 0.306 e. The number of esters is 3. The van der Waals surface area contributed by atoms with E-state index in [2.05, 4.69) is 106 Å². The third-order valence-electron chi connectivity index (χ3n) is 14.1. The summed E-state index contributed by atoms with van der Waals surface area (Å²) in [5, 5.41) is 0. The molecule has 0 bridgehead atoms. The maximum Gasteiger partial charge on any atom is 0.306 e. The number of allylic oxidation sites excluding steroid dienone is 14. The van der Waals surface area contributed by atoms with E-state index < -0.39 is 6.10 Å². The Morgan fingerprint density at radius 1 is 0.276 bits per heavy atom. The van der Waals surface area contributed by atoms with Crippen molar-refractivity contribution in [1.29, 1.82) is 0 Å². The molecule has 0 aliphatic rings. The number of hydrogen-bond acceptors (Lipinski definition) is 6. The average Bonchev–Trinajstić information content (AvgIpc) is 3.42. The van der Waals surface area contributed by atoms with Crippen LogP contribution in [0, 0.1) is 0 Å². The van der Waals surface area contributed by atoms with Gasteiger partial charge >= 0.3 is 17.9 Å². The van der Waals surface area contributed by atoms with Crippen LogP contribution < -0.4 is 0 Å². The van der Waals surface area contributed by atoms with Crippen LogP contribution >= 0.6 is 0 Å². The van der Waals surface area contributed by atoms with Crippen molar-refractivity contribution >= 4 is 17.9 Å². The minimum Gasteiger partial charge on any atom is -0.462 e. The van der Waals surface area contributed by atoms with E-state index >= 15 is 0 Å². The van der Waals surface area contributed by atoms with Gasteiger partial charge in [0.1, 0.15) is 13.2 Å². The maximum absolute atomic E-state index is 12.8. The Kier molecular flexibility index (Phi) is 61.2. The fourth-order valence-corrected chi connectivity index (χ4v) is 9.27. The van der Waals surface area contributed by atoms with Crippen molar-refractivity contribution in [2.45, 2.75) is 329 Å². The second-order valence-electron chi connectivity index (χ2n) is 21.6. The van der Waals surface area contributed by atoms with Gasteiger partial charge in [0.05, 0.1) is 0 Å². The monoisotopic (exact) mass is 1060 g/mol. The maximum atomic E-state index is 12.8. The van der Waals surface area contributed by atoms with Gasteiger partial charge in [-0.05, 0) is 96.3 Å². The number of carbonyl (C=O) groups excluding carboxylic acids is 3. The average molecular weight is 1060 g/mol. The molecule has 0 aromatic heterocycles. The number of hydrogen-bond donors (Lipinski definition) is 0. The van der Waals surface area contributed by atoms with Crippen LogP contribution in [-0.2, 0) is 28.6 Å². The first-order valence-corrected chi connectivity index (χ1v) is 32.6. The summed E-state index contributed by atoms with van der Waals surface area (Å²) in [5.74, 6) is -0.909. The van der Waals surface area contributed by atoms with E-state index in [4.69, 9.17) is 14.2 Å². The Morgan fingerprint density at radius 3 is 0.816 bits per heavy atom. The van der Waals surface area contributed by atoms with Crippen LogP contribution in [0.25, 0.3) is 0 Å². The highest BCUT2D eigenvalue weighted by atomic mass is 16.6. The first-order valence-electron chi connectivity index (χ1n) is 32.6. The van der Waals surface area contributed by atoms with Crippen LogP contribution in [0.4, 0.5) is 0 Å². The molecule has 0 saturated carbocycles. The largest absolute Gasteiger partial charge is 0.462 e. The molecule has 0 rings (SSSR count). The second-order valence-corrected chi connectivity index (χ2v) is 21.6. The van der Waals surface area contributed by atoms with Crippen molar-refractivity contribution in [1.82, 2.24) is 0 Å². The standard InChI is InChI=1S/C70H122O6/c1-4-7-10-13-16-18-20-22-24-26-28-30-32-33-34-35-36-37-39-40-42-44-46-48-50-52-54-57-60-63-69(72)75-66-67(65-74-68(71)62-59-56-15-12-9-6-3)76-70(73)64-61-58-55-53-51-49-47-45-43-41-38-31-29-27-25-23-21-19-17-14-11-8-5-2/h8,11,17,19,23,25-26,28-29,31,41,43,47,49,67H,4-7,9-10,12-16,18,20-22,24,27,30,32-40,42,44-46,48,50-66H2,1-3H3/b11-8-,19-17-,25-23-,28-26-,31-29-,43-41-,49-47-. The van der Waals surface area contributed by atoms with Crippen LogP contribution in [0.1, 0.15) is 323 Å². The number of ether oxygens (including phenoxy) is 3. The molecule has 0 heterocycles. The minimum atomic E-state index is -0.787. The highest BCUT2D eigenvalue weighted by Gasteiger charge is 2.19. The summed E-state index contributed by atoms with van der Waals surface area (Å²) >= 11 is 0. The molecule has 1 unspecified atom stereocenters. The van der Waals surface area contributed by atoms with E-state index in [0.717, 1.165) is 109 Å². The van der Waals surface area contributed by atoms with Crippen LogP contribution in [0.5, 0.6) is 0 Å². The van der Waals surface area contributed by atoms with Crippen molar-refractivity contribution < 1.29 is 28.6 Å². The molecule has 0 saturated heterocycles. The number of unbranched alkanes of at least 4 members (excludes halogenated alkanes) is 34. The van der Waals surface area contributed by atoms with Crippen molar-refractivity contribution in [3.63, 3.8) is 0 Å². The summed E-state index contributed by atoms with van der Waals surface area (Å²) in [6.07, 6.45) is 85.0. The lowest BCUT2D eigenvalue weighted by atomic mass is 10.0. The Hall–Kier alpha value is -3.41. The van der Waals surface area contributed by atoms with E-state index in [1.807, 2.05) is 0 Å². The summed E-state index contributed by atoms with van der Waals surface area (Å²) in [6.45, 7) is 6.47. The molecule has 0 aliphatic heterocycles. The molecule has 0 spiro atoms. The van der Waals surface area contributed by atoms with Gasteiger partial charge in [-0.3, -0.25) is 14.4 Å². The molecular formula is C70H122O6. The van der Waals surface area contributed by atoms with Crippen LogP contribution in [-0.4, -0.2) is 37.2 Å². The lowest BCUT2D eigenvalue weighted by molar-refractivity contribution is -0.167. The summed E-state index contributed by atoms with van der Waals surface area (Å²) in [4.78, 5) is 38.0. The molecule has 6 heteroatoms. The molecule has 0 aromatic carbocycles. The predicted octanol–water partition coefficient (Wildman–Crippen LogP) is 22.3. The lowest BCUT2D eigenvalue weighted by Gasteiger charge is -2.18. The SMILES string of the molecule is CC/C=C\C/C=C\C/C=C\C/C=C\C/C=C\C/C=C\CCCCCCC(=O)OC(COC(=O)CCCCCCCC)COC(=O)CCCCCCCCCCCCCCCCCCC/C=C\CCCCCCCCCC. The fourth-order valence-electron chi connectivity index (χ4n) is 9.27. The highest BCUT2D eigenvalue weighted by molar-refractivity contribution is 5.71. The number of carbonyl (C=O) groups is 3. The molecular weight excluding hydrogens is 937 g/mol. The first-order chi connectivity index (χ1) is 37.5. The summed E-state index contributed by atoms with van der Waals surface area (Å²) in [5.41, 5.74) is 0. The normalized spacial score (nSPS) is 12.6. The van der Waals surface area contributed by atoms with Gasteiger partial charge < -0.3 is 14.2 Å². The van der Waals surface area contributed by atoms with Gasteiger partial charge in [0.25, 0.3) is 0 Å². The van der Waals surface area contributed by atoms with Crippen molar-refractivity contribution in [3.8, 4) is 0 Å². The van der Waals surface area contributed by atoms with Crippen molar-refractivity contribution in [3.05, 3.63) is 85.1 Å². The first kappa shape index (κ1) is 72.6. The zero-order valence-corrected chi connectivity index (χ0v) is 50.3. The fraction of sp³-hybridized carbons (Fsp3) is 0.757. The van der Waals surface area contributed by atoms with Gasteiger partial charge in [0, 0.05) is 19.3 Å². The molecule has 6 nitrogen and oxygen atoms in total. The Bertz CT molecular complexity index is 1450. The van der Waals surface area contributed by atoms with Gasteiger partial charge in [-0.1, -0.05) is 292 Å². The van der Waals surface area contributed by atoms with Crippen molar-refractivity contribution in [2.75, 3.05) is 13.2 Å². The molecule has 1 atom stereocenters. The van der Waals surface area contributed by atoms with E-state index in [9.17, 15) is 14.4 Å². The predicted molar refractivity (Wildman–Crippen MR) is 330 cm³/mol. The summed E-state index contributed by atoms with van der Waals surface area (Å²) in [7, 11) is 0. The van der Waals surface area contributed by atoms with Gasteiger partial charge in [-0.25, -0.2) is 0 Å². The van der Waals surface area contributed by atoms with Crippen LogP contribution in [0.3, 0.4) is 0 Å². The third-order valence-corrected chi connectivity index (χ3v) is 14.1. The van der Waals surface area contributed by atoms with Crippen LogP contribution in [0.15, 0.2) is 85.1 Å². The van der Waals surface area contributed by atoms with E-state index in [-0.39, 0.29) is 31.1 Å². The zero-order valence-electron chi connectivity index (χ0n) is 50.3. The molecule has 0 aliphatic carbocycles. The zero-order chi connectivity index (χ0) is 55.0. The molecule has 76 heavy (non-hydrogen) atoms. The Labute approximate surface area is 471 Å². The molecule has 0 fully saturated rings. The molecule has 438 valence electrons. The minimum absolute atomic E-state index is 0.0848. The van der Waals surface area contributed by atoms with Crippen LogP contribution in [0.2, 0.25) is 0 Å². The molecule has 0 radical (unpaired) electrons. The van der Waals surface area contributed by atoms with Gasteiger partial charge in [0.2, 0.25) is 0 Å². The van der Waals surface area contributed by atoms with Crippen molar-refractivity contribution in [2.24, 2.45) is 0 Å². The molecule has 0 aromatic rings. The molecule has 0 amide bonds. The van der Waals surface area contributed by atoms with Gasteiger partial charge in [0.15, 0.2) is 6.10 Å². The summed E-state index contributed by atoms with van der Waals surface area (Å²) < 4.78 is 16.8. The van der Waals surface area contributed by atoms with Gasteiger partial charge in [-0.2, -0.15) is 0 Å². The van der Waals surface area contributed by atoms with E-state index in [1.54, 1.807) is 0 Å².